The molecule has 0 radical (unpaired) electrons. The zero-order valence-corrected chi connectivity index (χ0v) is 19.0. The zero-order valence-electron chi connectivity index (χ0n) is 16.7. The molecule has 0 amide bonds. The number of oxazole rings is 1. The minimum atomic E-state index is -0.0364. The molecule has 2 rings (SSSR count). The fourth-order valence-corrected chi connectivity index (χ4v) is 2.61. The Balaban J connectivity index is 0.00000338. The third-order valence-corrected chi connectivity index (χ3v) is 4.24. The van der Waals surface area contributed by atoms with Crippen molar-refractivity contribution >= 4 is 29.9 Å². The van der Waals surface area contributed by atoms with E-state index < -0.39 is 0 Å². The molecule has 1 aromatic rings. The number of hydrogen-bond acceptors (Lipinski definition) is 5. The van der Waals surface area contributed by atoms with Crippen LogP contribution in [0.3, 0.4) is 0 Å². The van der Waals surface area contributed by atoms with Gasteiger partial charge in [-0.15, -0.1) is 24.0 Å². The van der Waals surface area contributed by atoms with Gasteiger partial charge in [0.25, 0.3) is 0 Å². The molecule has 0 spiro atoms. The summed E-state index contributed by atoms with van der Waals surface area (Å²) < 4.78 is 11.2. The Morgan fingerprint density at radius 1 is 1.31 bits per heavy atom. The van der Waals surface area contributed by atoms with E-state index in [9.17, 15) is 0 Å². The number of rotatable bonds is 6. The highest BCUT2D eigenvalue weighted by Crippen LogP contribution is 2.22. The molecule has 1 aliphatic rings. The normalized spacial score (nSPS) is 17.5. The van der Waals surface area contributed by atoms with Crippen molar-refractivity contribution in [3.8, 4) is 0 Å². The number of halogens is 1. The van der Waals surface area contributed by atoms with Crippen molar-refractivity contribution in [3.63, 3.8) is 0 Å². The number of aliphatic imine (C=N–C) groups is 1. The van der Waals surface area contributed by atoms with Crippen molar-refractivity contribution in [2.75, 3.05) is 39.4 Å². The number of guanidine groups is 1. The number of nitrogens with one attached hydrogen (secondary N) is 2. The quantitative estimate of drug-likeness (QED) is 0.371. The van der Waals surface area contributed by atoms with Crippen LogP contribution in [0, 0.1) is 0 Å². The highest BCUT2D eigenvalue weighted by Gasteiger charge is 2.19. The standard InChI is InChI=1S/C18H33N5O2.HI/c1-6-19-17(21-11-14(2)23-7-9-24-10-8-23)22-13-16-20-12-15(25-16)18(3,4)5;/h12,14H,6-11,13H2,1-5H3,(H2,19,21,22);1H. The molecule has 1 unspecified atom stereocenters. The summed E-state index contributed by atoms with van der Waals surface area (Å²) in [5.74, 6) is 2.32. The second kappa shape index (κ2) is 11.1. The molecule has 1 atom stereocenters. The molecule has 0 aromatic carbocycles. The lowest BCUT2D eigenvalue weighted by atomic mass is 9.94. The van der Waals surface area contributed by atoms with Crippen molar-refractivity contribution in [2.24, 2.45) is 4.99 Å². The molecule has 0 aliphatic carbocycles. The van der Waals surface area contributed by atoms with Crippen molar-refractivity contribution in [2.45, 2.75) is 52.6 Å². The molecular weight excluding hydrogens is 445 g/mol. The van der Waals surface area contributed by atoms with Gasteiger partial charge in [0.2, 0.25) is 5.89 Å². The predicted molar refractivity (Wildman–Crippen MR) is 115 cm³/mol. The van der Waals surface area contributed by atoms with Gasteiger partial charge >= 0.3 is 0 Å². The molecule has 0 bridgehead atoms. The van der Waals surface area contributed by atoms with Crippen LogP contribution < -0.4 is 10.6 Å². The van der Waals surface area contributed by atoms with Crippen LogP contribution in [0.5, 0.6) is 0 Å². The molecule has 7 nitrogen and oxygen atoms in total. The van der Waals surface area contributed by atoms with E-state index >= 15 is 0 Å². The van der Waals surface area contributed by atoms with Crippen LogP contribution in [-0.4, -0.2) is 61.3 Å². The van der Waals surface area contributed by atoms with Crippen LogP contribution in [0.4, 0.5) is 0 Å². The Labute approximate surface area is 174 Å². The molecule has 26 heavy (non-hydrogen) atoms. The lowest BCUT2D eigenvalue weighted by Crippen LogP contribution is -2.49. The Kier molecular flexibility index (Phi) is 9.88. The monoisotopic (exact) mass is 479 g/mol. The summed E-state index contributed by atoms with van der Waals surface area (Å²) in [6, 6.07) is 0.432. The zero-order chi connectivity index (χ0) is 18.3. The molecular formula is C18H34IN5O2. The SMILES string of the molecule is CCNC(=NCc1ncc(C(C)(C)C)o1)NCC(C)N1CCOCC1.I. The summed E-state index contributed by atoms with van der Waals surface area (Å²) in [6.45, 7) is 16.3. The minimum absolute atomic E-state index is 0. The van der Waals surface area contributed by atoms with Gasteiger partial charge in [-0.05, 0) is 13.8 Å². The van der Waals surface area contributed by atoms with E-state index in [1.54, 1.807) is 6.20 Å². The van der Waals surface area contributed by atoms with Crippen LogP contribution >= 0.6 is 24.0 Å². The third-order valence-electron chi connectivity index (χ3n) is 4.24. The summed E-state index contributed by atoms with van der Waals surface area (Å²) in [4.78, 5) is 11.4. The predicted octanol–water partition coefficient (Wildman–Crippen LogP) is 2.37. The third kappa shape index (κ3) is 7.40. The highest BCUT2D eigenvalue weighted by molar-refractivity contribution is 14.0. The van der Waals surface area contributed by atoms with Crippen molar-refractivity contribution in [3.05, 3.63) is 17.8 Å². The van der Waals surface area contributed by atoms with Gasteiger partial charge in [-0.2, -0.15) is 0 Å². The Morgan fingerprint density at radius 3 is 2.58 bits per heavy atom. The average molecular weight is 479 g/mol. The number of hydrogen-bond donors (Lipinski definition) is 2. The first kappa shape index (κ1) is 23.2. The van der Waals surface area contributed by atoms with E-state index in [0.29, 0.717) is 18.5 Å². The van der Waals surface area contributed by atoms with Gasteiger partial charge in [-0.25, -0.2) is 9.98 Å². The number of ether oxygens (including phenoxy) is 1. The van der Waals surface area contributed by atoms with Gasteiger partial charge < -0.3 is 19.8 Å². The van der Waals surface area contributed by atoms with Gasteiger partial charge in [0.1, 0.15) is 12.3 Å². The van der Waals surface area contributed by atoms with E-state index in [1.807, 2.05) is 0 Å². The molecule has 1 fully saturated rings. The first-order valence-electron chi connectivity index (χ1n) is 9.19. The van der Waals surface area contributed by atoms with Gasteiger partial charge in [0.15, 0.2) is 5.96 Å². The molecule has 2 N–H and O–H groups in total. The molecule has 8 heteroatoms. The maximum atomic E-state index is 5.80. The smallest absolute Gasteiger partial charge is 0.216 e. The number of aromatic nitrogens is 1. The molecule has 0 saturated carbocycles. The maximum absolute atomic E-state index is 5.80. The van der Waals surface area contributed by atoms with E-state index in [-0.39, 0.29) is 29.4 Å². The largest absolute Gasteiger partial charge is 0.443 e. The maximum Gasteiger partial charge on any atom is 0.216 e. The average Bonchev–Trinajstić information content (AvgIpc) is 3.07. The van der Waals surface area contributed by atoms with Crippen molar-refractivity contribution in [1.29, 1.82) is 0 Å². The summed E-state index contributed by atoms with van der Waals surface area (Å²) in [6.07, 6.45) is 1.80. The van der Waals surface area contributed by atoms with E-state index in [1.165, 1.54) is 0 Å². The highest BCUT2D eigenvalue weighted by atomic mass is 127. The molecule has 1 aliphatic heterocycles. The van der Waals surface area contributed by atoms with Crippen molar-refractivity contribution < 1.29 is 9.15 Å². The summed E-state index contributed by atoms with van der Waals surface area (Å²) in [5.41, 5.74) is -0.0364. The van der Waals surface area contributed by atoms with E-state index in [4.69, 9.17) is 9.15 Å². The Hall–Kier alpha value is -0.870. The summed E-state index contributed by atoms with van der Waals surface area (Å²) in [5, 5.41) is 6.69. The van der Waals surface area contributed by atoms with Gasteiger partial charge in [0, 0.05) is 37.6 Å². The fourth-order valence-electron chi connectivity index (χ4n) is 2.61. The Morgan fingerprint density at radius 2 is 2.00 bits per heavy atom. The lowest BCUT2D eigenvalue weighted by molar-refractivity contribution is 0.0211. The molecule has 2 heterocycles. The Bertz CT molecular complexity index is 550. The lowest BCUT2D eigenvalue weighted by Gasteiger charge is -2.32. The number of nitrogens with zero attached hydrogens (tertiary/aromatic N) is 3. The van der Waals surface area contributed by atoms with E-state index in [0.717, 1.165) is 51.1 Å². The summed E-state index contributed by atoms with van der Waals surface area (Å²) >= 11 is 0. The van der Waals surface area contributed by atoms with Crippen molar-refractivity contribution in [1.82, 2.24) is 20.5 Å². The minimum Gasteiger partial charge on any atom is -0.443 e. The second-order valence-electron chi connectivity index (χ2n) is 7.44. The van der Waals surface area contributed by atoms with E-state index in [2.05, 4.69) is 60.1 Å². The molecule has 150 valence electrons. The van der Waals surface area contributed by atoms with Crippen LogP contribution in [0.15, 0.2) is 15.6 Å². The van der Waals surface area contributed by atoms with Gasteiger partial charge in [-0.1, -0.05) is 20.8 Å². The van der Waals surface area contributed by atoms with Gasteiger partial charge in [0.05, 0.1) is 19.4 Å². The first-order chi connectivity index (χ1) is 11.9. The molecule has 1 saturated heterocycles. The van der Waals surface area contributed by atoms with Gasteiger partial charge in [-0.3, -0.25) is 4.90 Å². The first-order valence-corrected chi connectivity index (χ1v) is 9.19. The van der Waals surface area contributed by atoms with Crippen LogP contribution in [-0.2, 0) is 16.7 Å². The topological polar surface area (TPSA) is 74.9 Å². The van der Waals surface area contributed by atoms with Crippen LogP contribution in [0.25, 0.3) is 0 Å². The molecule has 1 aromatic heterocycles. The van der Waals surface area contributed by atoms with Crippen LogP contribution in [0.1, 0.15) is 46.3 Å². The summed E-state index contributed by atoms with van der Waals surface area (Å²) in [7, 11) is 0. The second-order valence-corrected chi connectivity index (χ2v) is 7.44. The van der Waals surface area contributed by atoms with Crippen LogP contribution in [0.2, 0.25) is 0 Å². The number of morpholine rings is 1. The fraction of sp³-hybridized carbons (Fsp3) is 0.778.